The minimum atomic E-state index is -4.30. The molecule has 0 aliphatic carbocycles. The quantitative estimate of drug-likeness (QED) is 0.0287. The number of carbonyl (C=O) groups is 2. The van der Waals surface area contributed by atoms with E-state index in [0.717, 1.165) is 126 Å². The third kappa shape index (κ3) is 21.1. The zero-order valence-corrected chi connectivity index (χ0v) is 75.1. The molecule has 594 valence electrons. The number of thiophene rings is 2. The summed E-state index contributed by atoms with van der Waals surface area (Å²) in [6.07, 6.45) is 4.28. The van der Waals surface area contributed by atoms with Crippen LogP contribution in [0.4, 0.5) is 26.3 Å². The number of nitrogens with zero attached hydrogens (tertiary/aromatic N) is 7. The van der Waals surface area contributed by atoms with Crippen LogP contribution >= 0.6 is 68.0 Å². The number of pyridine rings is 1. The standard InChI is InChI=1S/C30H25F3N3S3.C29H24F3N4S3.2C13H24O2.2Ir/c1-28(2,3)21-13-17(12-16-8-6-7-9-18(16)21)23-24-19(10-11-34-23)20(15-37-24)25-36-27-26(39-25)35-22(38-27)14-29(4,5)30(31,32)33;1-27(2,3)19-11-16(10-15-8-6-7-9-17(15)19)21-23-22(34-14-33-21)18(13-37-23)24-36-26-25(39-24)35-20(38-26)12-28(4,5)29(30,31)32;2*1-5-10(6-2)12(14)9-13(15)11(7-3)8-4;;/h6-11,13,15H,14H2,1-5H3;6-9,11,13-14H,12H2,1-5H3;2*9-11,14H,5-8H2,1-4H3;;/q2*-1;;;;. The molecule has 0 aliphatic heterocycles. The largest absolute Gasteiger partial charge is 0.512 e. The number of aromatic nitrogens is 7. The number of fused-ring (bicyclic) bond motifs is 6. The SMILES string of the molecule is CC(C)(C)c1cc(-c2nccc3c(-c4nc5sc(CC(C)(C)C(F)(F)F)nc5s4)csc23)[c-]c2ccccc12.CC(C)(C)c1cc(-c2ncnc3c(-c4nc5sc(CC(C)(C)C(F)(F)F)nc5s4)csc23)[c-]c2ccccc12.CCC(CC)C(=O)C=C(O)C(CC)CC.CCC(CC)C(=O)C=C(O)C(CC)CC.[Ir].[Ir]. The number of hydrogen-bond donors (Lipinski definition) is 2. The Morgan fingerprint density at radius 2 is 0.836 bits per heavy atom. The normalized spacial score (nSPS) is 12.8. The van der Waals surface area contributed by atoms with Crippen molar-refractivity contribution in [1.82, 2.24) is 34.9 Å². The van der Waals surface area contributed by atoms with Crippen LogP contribution in [0, 0.1) is 46.6 Å². The maximum atomic E-state index is 13.4. The van der Waals surface area contributed by atoms with Gasteiger partial charge in [-0.3, -0.25) is 19.6 Å². The number of hydrogen-bond acceptors (Lipinski definition) is 17. The fraction of sp³-hybridized carbons (Fsp3) is 0.447. The van der Waals surface area contributed by atoms with E-state index in [1.807, 2.05) is 91.2 Å². The van der Waals surface area contributed by atoms with Crippen LogP contribution in [0.2, 0.25) is 0 Å². The number of carbonyl (C=O) groups excluding carboxylic acids is 2. The van der Waals surface area contributed by atoms with Crippen LogP contribution < -0.4 is 0 Å². The summed E-state index contributed by atoms with van der Waals surface area (Å²) in [5, 5.41) is 31.6. The number of aliphatic hydroxyl groups is 2. The molecule has 110 heavy (non-hydrogen) atoms. The molecule has 0 unspecified atom stereocenters. The molecule has 2 N–H and O–H groups in total. The number of benzene rings is 4. The number of thiazole rings is 4. The molecule has 0 spiro atoms. The fourth-order valence-corrected chi connectivity index (χ4v) is 19.6. The molecule has 2 radical (unpaired) electrons. The molecule has 25 heteroatoms. The van der Waals surface area contributed by atoms with Crippen molar-refractivity contribution in [3.63, 3.8) is 0 Å². The van der Waals surface area contributed by atoms with Gasteiger partial charge in [0, 0.05) is 138 Å². The van der Waals surface area contributed by atoms with Crippen molar-refractivity contribution in [2.24, 2.45) is 34.5 Å². The Balaban J connectivity index is 0.000000222. The smallest absolute Gasteiger partial charge is 0.394 e. The van der Waals surface area contributed by atoms with Gasteiger partial charge in [0.2, 0.25) is 0 Å². The first-order valence-electron chi connectivity index (χ1n) is 36.9. The average molecular weight is 1970 g/mol. The second-order valence-electron chi connectivity index (χ2n) is 30.6. The molecular weight excluding hydrogens is 1870 g/mol. The number of rotatable bonds is 22. The predicted octanol–water partition coefficient (Wildman–Crippen LogP) is 27.3. The predicted molar refractivity (Wildman–Crippen MR) is 441 cm³/mol. The molecule has 0 atom stereocenters. The average Bonchev–Trinajstić information content (AvgIpc) is 1.48. The van der Waals surface area contributed by atoms with Crippen molar-refractivity contribution in [2.75, 3.05) is 0 Å². The summed E-state index contributed by atoms with van der Waals surface area (Å²) in [4.78, 5) is 58.6. The van der Waals surface area contributed by atoms with Crippen molar-refractivity contribution in [1.29, 1.82) is 0 Å². The minimum Gasteiger partial charge on any atom is -0.512 e. The Morgan fingerprint density at radius 1 is 0.464 bits per heavy atom. The van der Waals surface area contributed by atoms with Crippen LogP contribution in [0.1, 0.15) is 197 Å². The van der Waals surface area contributed by atoms with E-state index in [4.69, 9.17) is 15.0 Å². The van der Waals surface area contributed by atoms with Gasteiger partial charge in [0.05, 0.1) is 37.9 Å². The Bertz CT molecular complexity index is 4810. The van der Waals surface area contributed by atoms with Crippen LogP contribution in [0.15, 0.2) is 114 Å². The maximum Gasteiger partial charge on any atom is 0.394 e. The van der Waals surface area contributed by atoms with Crippen LogP contribution in [0.25, 0.3) is 105 Å². The number of halogens is 6. The second kappa shape index (κ2) is 37.9. The summed E-state index contributed by atoms with van der Waals surface area (Å²) < 4.78 is 82.2. The number of ketones is 2. The van der Waals surface area contributed by atoms with Gasteiger partial charge in [-0.1, -0.05) is 228 Å². The zero-order valence-electron chi connectivity index (χ0n) is 65.4. The summed E-state index contributed by atoms with van der Waals surface area (Å²) >= 11 is 8.44. The van der Waals surface area contributed by atoms with Crippen molar-refractivity contribution < 1.29 is 86.4 Å². The Labute approximate surface area is 693 Å². The second-order valence-corrected chi connectivity index (χ2v) is 36.4. The molecule has 4 aromatic carbocycles. The Morgan fingerprint density at radius 3 is 1.23 bits per heavy atom. The number of allylic oxidation sites excluding steroid dienone is 4. The fourth-order valence-electron chi connectivity index (χ4n) is 12.7. The van der Waals surface area contributed by atoms with Crippen molar-refractivity contribution in [3.8, 4) is 43.7 Å². The molecule has 12 aromatic rings. The molecule has 8 aromatic heterocycles. The molecular formula is C85H97F6Ir2N7O4S6-2. The van der Waals surface area contributed by atoms with E-state index in [1.54, 1.807) is 29.0 Å². The van der Waals surface area contributed by atoms with E-state index in [9.17, 15) is 46.1 Å². The number of alkyl halides is 6. The summed E-state index contributed by atoms with van der Waals surface area (Å²) in [7, 11) is 0. The van der Waals surface area contributed by atoms with Crippen LogP contribution in [-0.4, -0.2) is 69.0 Å². The summed E-state index contributed by atoms with van der Waals surface area (Å²) in [6, 6.07) is 30.1. The minimum absolute atomic E-state index is 0. The van der Waals surface area contributed by atoms with Crippen LogP contribution in [0.3, 0.4) is 0 Å². The first-order chi connectivity index (χ1) is 50.8. The molecule has 8 heterocycles. The molecule has 0 saturated heterocycles. The topological polar surface area (TPSA) is 165 Å². The summed E-state index contributed by atoms with van der Waals surface area (Å²) in [5.74, 6) is 1.09. The third-order valence-corrected chi connectivity index (χ3v) is 26.0. The van der Waals surface area contributed by atoms with Crippen molar-refractivity contribution in [3.05, 3.63) is 147 Å². The van der Waals surface area contributed by atoms with Gasteiger partial charge in [-0.15, -0.1) is 81.0 Å². The van der Waals surface area contributed by atoms with Gasteiger partial charge in [0.15, 0.2) is 30.9 Å². The van der Waals surface area contributed by atoms with Gasteiger partial charge < -0.3 is 10.2 Å². The van der Waals surface area contributed by atoms with E-state index in [-0.39, 0.29) is 111 Å². The van der Waals surface area contributed by atoms with Crippen LogP contribution in [0.5, 0.6) is 0 Å². The number of aliphatic hydroxyl groups excluding tert-OH is 2. The summed E-state index contributed by atoms with van der Waals surface area (Å²) in [6.45, 7) is 34.2. The van der Waals surface area contributed by atoms with Gasteiger partial charge in [-0.2, -0.15) is 26.3 Å². The third-order valence-electron chi connectivity index (χ3n) is 19.9. The van der Waals surface area contributed by atoms with E-state index in [2.05, 4.69) is 121 Å². The van der Waals surface area contributed by atoms with Gasteiger partial charge in [0.1, 0.15) is 16.3 Å². The molecule has 0 aliphatic rings. The monoisotopic (exact) mass is 1970 g/mol. The van der Waals surface area contributed by atoms with Gasteiger partial charge >= 0.3 is 12.4 Å². The first kappa shape index (κ1) is 91.1. The van der Waals surface area contributed by atoms with Crippen LogP contribution in [-0.2, 0) is 73.5 Å². The van der Waals surface area contributed by atoms with Crippen molar-refractivity contribution in [2.45, 2.75) is 212 Å². The van der Waals surface area contributed by atoms with Gasteiger partial charge in [-0.05, 0) is 73.6 Å². The van der Waals surface area contributed by atoms with Gasteiger partial charge in [0.25, 0.3) is 0 Å². The zero-order chi connectivity index (χ0) is 79.2. The molecule has 0 fully saturated rings. The van der Waals surface area contributed by atoms with Crippen molar-refractivity contribution >= 4 is 141 Å². The molecule has 0 saturated carbocycles. The van der Waals surface area contributed by atoms with E-state index < -0.39 is 23.2 Å². The summed E-state index contributed by atoms with van der Waals surface area (Å²) in [5.41, 5.74) is 4.91. The van der Waals surface area contributed by atoms with E-state index in [1.165, 1.54) is 107 Å². The van der Waals surface area contributed by atoms with Gasteiger partial charge in [-0.25, -0.2) is 24.9 Å². The maximum absolute atomic E-state index is 13.4. The van der Waals surface area contributed by atoms with E-state index in [0.29, 0.717) is 29.3 Å². The molecule has 11 nitrogen and oxygen atoms in total. The molecule has 0 amide bonds. The first-order valence-corrected chi connectivity index (χ1v) is 41.9. The molecule has 0 bridgehead atoms. The Kier molecular flexibility index (Phi) is 31.4. The molecule has 12 rings (SSSR count). The van der Waals surface area contributed by atoms with E-state index >= 15 is 0 Å². The Hall–Kier alpha value is -6.11.